The van der Waals surface area contributed by atoms with Crippen LogP contribution in [-0.4, -0.2) is 12.1 Å². The van der Waals surface area contributed by atoms with E-state index in [0.29, 0.717) is 21.8 Å². The molecule has 0 unspecified atom stereocenters. The van der Waals surface area contributed by atoms with E-state index in [1.54, 1.807) is 18.2 Å². The fourth-order valence-electron chi connectivity index (χ4n) is 1.49. The Morgan fingerprint density at radius 1 is 1.31 bits per heavy atom. The van der Waals surface area contributed by atoms with Gasteiger partial charge >= 0.3 is 6.03 Å². The van der Waals surface area contributed by atoms with Crippen LogP contribution in [0.1, 0.15) is 19.3 Å². The zero-order chi connectivity index (χ0) is 11.5. The maximum atomic E-state index is 11.5. The van der Waals surface area contributed by atoms with Crippen molar-refractivity contribution in [3.05, 3.63) is 28.2 Å². The van der Waals surface area contributed by atoms with E-state index in [2.05, 4.69) is 10.6 Å². The van der Waals surface area contributed by atoms with Gasteiger partial charge in [0.05, 0.1) is 10.7 Å². The standard InChI is InChI=1S/C11H12Cl2N2O/c12-7-4-5-10(9(13)6-7)15-11(16)14-8-2-1-3-8/h4-6,8H,1-3H2,(H2,14,15,16). The predicted octanol–water partition coefficient (Wildman–Crippen LogP) is 3.67. The molecule has 0 aliphatic heterocycles. The van der Waals surface area contributed by atoms with Crippen LogP contribution in [0, 0.1) is 0 Å². The van der Waals surface area contributed by atoms with Crippen LogP contribution >= 0.6 is 23.2 Å². The molecule has 2 amide bonds. The first-order chi connectivity index (χ1) is 7.65. The highest BCUT2D eigenvalue weighted by Gasteiger charge is 2.19. The quantitative estimate of drug-likeness (QED) is 0.835. The molecule has 0 atom stereocenters. The van der Waals surface area contributed by atoms with E-state index >= 15 is 0 Å². The lowest BCUT2D eigenvalue weighted by atomic mass is 9.93. The van der Waals surface area contributed by atoms with Crippen LogP contribution in [0.4, 0.5) is 10.5 Å². The predicted molar refractivity (Wildman–Crippen MR) is 66.3 cm³/mol. The molecule has 1 aromatic rings. The monoisotopic (exact) mass is 258 g/mol. The third-order valence-corrected chi connectivity index (χ3v) is 3.17. The normalized spacial score (nSPS) is 15.4. The summed E-state index contributed by atoms with van der Waals surface area (Å²) >= 11 is 11.7. The van der Waals surface area contributed by atoms with Gasteiger partial charge in [0, 0.05) is 11.1 Å². The number of benzene rings is 1. The summed E-state index contributed by atoms with van der Waals surface area (Å²) in [4.78, 5) is 11.5. The average molecular weight is 259 g/mol. The number of carbonyl (C=O) groups is 1. The molecule has 1 fully saturated rings. The molecule has 86 valence electrons. The Hall–Kier alpha value is -0.930. The van der Waals surface area contributed by atoms with E-state index < -0.39 is 0 Å². The summed E-state index contributed by atoms with van der Waals surface area (Å²) in [6.45, 7) is 0. The largest absolute Gasteiger partial charge is 0.335 e. The third-order valence-electron chi connectivity index (χ3n) is 2.62. The number of hydrogen-bond donors (Lipinski definition) is 2. The Morgan fingerprint density at radius 2 is 2.06 bits per heavy atom. The molecule has 5 heteroatoms. The Labute approximate surface area is 104 Å². The highest BCUT2D eigenvalue weighted by molar-refractivity contribution is 6.36. The summed E-state index contributed by atoms with van der Waals surface area (Å²) in [6, 6.07) is 5.07. The fraction of sp³-hybridized carbons (Fsp3) is 0.364. The molecular weight excluding hydrogens is 247 g/mol. The van der Waals surface area contributed by atoms with Crippen molar-refractivity contribution in [3.63, 3.8) is 0 Å². The van der Waals surface area contributed by atoms with Crippen molar-refractivity contribution in [2.24, 2.45) is 0 Å². The maximum Gasteiger partial charge on any atom is 0.319 e. The van der Waals surface area contributed by atoms with E-state index in [1.165, 1.54) is 6.42 Å². The fourth-order valence-corrected chi connectivity index (χ4v) is 1.94. The van der Waals surface area contributed by atoms with E-state index in [-0.39, 0.29) is 6.03 Å². The molecule has 16 heavy (non-hydrogen) atoms. The minimum Gasteiger partial charge on any atom is -0.335 e. The Morgan fingerprint density at radius 3 is 2.62 bits per heavy atom. The van der Waals surface area contributed by atoms with Gasteiger partial charge in [-0.3, -0.25) is 0 Å². The van der Waals surface area contributed by atoms with E-state index in [0.717, 1.165) is 12.8 Å². The van der Waals surface area contributed by atoms with Crippen LogP contribution in [0.15, 0.2) is 18.2 Å². The van der Waals surface area contributed by atoms with Gasteiger partial charge < -0.3 is 10.6 Å². The van der Waals surface area contributed by atoms with Crippen molar-refractivity contribution in [3.8, 4) is 0 Å². The van der Waals surface area contributed by atoms with E-state index in [4.69, 9.17) is 23.2 Å². The number of halogens is 2. The topological polar surface area (TPSA) is 41.1 Å². The van der Waals surface area contributed by atoms with Gasteiger partial charge in [0.15, 0.2) is 0 Å². The molecule has 0 saturated heterocycles. The van der Waals surface area contributed by atoms with Crippen molar-refractivity contribution in [1.29, 1.82) is 0 Å². The molecule has 0 radical (unpaired) electrons. The van der Waals surface area contributed by atoms with Crippen LogP contribution in [-0.2, 0) is 0 Å². The SMILES string of the molecule is O=C(Nc1ccc(Cl)cc1Cl)NC1CCC1. The first-order valence-corrected chi connectivity index (χ1v) is 5.93. The highest BCUT2D eigenvalue weighted by Crippen LogP contribution is 2.25. The molecule has 1 aliphatic rings. The van der Waals surface area contributed by atoms with Crippen molar-refractivity contribution in [2.75, 3.05) is 5.32 Å². The van der Waals surface area contributed by atoms with E-state index in [9.17, 15) is 4.79 Å². The van der Waals surface area contributed by atoms with Gasteiger partial charge in [-0.2, -0.15) is 0 Å². The second kappa shape index (κ2) is 4.93. The molecule has 2 rings (SSSR count). The first kappa shape index (κ1) is 11.6. The minimum atomic E-state index is -0.214. The van der Waals surface area contributed by atoms with Crippen molar-refractivity contribution < 1.29 is 4.79 Å². The zero-order valence-corrected chi connectivity index (χ0v) is 10.1. The van der Waals surface area contributed by atoms with Crippen LogP contribution in [0.5, 0.6) is 0 Å². The molecule has 1 saturated carbocycles. The number of hydrogen-bond acceptors (Lipinski definition) is 1. The van der Waals surface area contributed by atoms with Crippen molar-refractivity contribution in [2.45, 2.75) is 25.3 Å². The summed E-state index contributed by atoms with van der Waals surface area (Å²) in [5, 5.41) is 6.55. The highest BCUT2D eigenvalue weighted by atomic mass is 35.5. The number of rotatable bonds is 2. The molecule has 0 aromatic heterocycles. The maximum absolute atomic E-state index is 11.5. The summed E-state index contributed by atoms with van der Waals surface area (Å²) in [5.41, 5.74) is 0.572. The van der Waals surface area contributed by atoms with Gasteiger partial charge in [0.1, 0.15) is 0 Å². The number of amides is 2. The second-order valence-electron chi connectivity index (χ2n) is 3.85. The molecule has 0 spiro atoms. The summed E-state index contributed by atoms with van der Waals surface area (Å²) < 4.78 is 0. The summed E-state index contributed by atoms with van der Waals surface area (Å²) in [6.07, 6.45) is 3.30. The van der Waals surface area contributed by atoms with Crippen LogP contribution in [0.3, 0.4) is 0 Å². The zero-order valence-electron chi connectivity index (χ0n) is 8.59. The minimum absolute atomic E-state index is 0.214. The third kappa shape index (κ3) is 2.80. The van der Waals surface area contributed by atoms with Gasteiger partial charge in [-0.1, -0.05) is 23.2 Å². The first-order valence-electron chi connectivity index (χ1n) is 5.18. The van der Waals surface area contributed by atoms with E-state index in [1.807, 2.05) is 0 Å². The molecule has 0 bridgehead atoms. The lowest BCUT2D eigenvalue weighted by Gasteiger charge is -2.26. The Bertz CT molecular complexity index is 405. The summed E-state index contributed by atoms with van der Waals surface area (Å²) in [7, 11) is 0. The smallest absolute Gasteiger partial charge is 0.319 e. The van der Waals surface area contributed by atoms with Crippen molar-refractivity contribution in [1.82, 2.24) is 5.32 Å². The Balaban J connectivity index is 1.94. The molecular formula is C11H12Cl2N2O. The van der Waals surface area contributed by atoms with Crippen LogP contribution < -0.4 is 10.6 Å². The molecule has 3 nitrogen and oxygen atoms in total. The van der Waals surface area contributed by atoms with Gasteiger partial charge in [0.2, 0.25) is 0 Å². The Kier molecular flexibility index (Phi) is 3.56. The van der Waals surface area contributed by atoms with Crippen LogP contribution in [0.25, 0.3) is 0 Å². The number of nitrogens with one attached hydrogen (secondary N) is 2. The summed E-state index contributed by atoms with van der Waals surface area (Å²) in [5.74, 6) is 0. The van der Waals surface area contributed by atoms with Gasteiger partial charge in [0.25, 0.3) is 0 Å². The van der Waals surface area contributed by atoms with Gasteiger partial charge in [-0.05, 0) is 37.5 Å². The molecule has 1 aliphatic carbocycles. The molecule has 0 heterocycles. The van der Waals surface area contributed by atoms with Gasteiger partial charge in [-0.25, -0.2) is 4.79 Å². The number of urea groups is 1. The second-order valence-corrected chi connectivity index (χ2v) is 4.69. The lowest BCUT2D eigenvalue weighted by molar-refractivity contribution is 0.240. The lowest BCUT2D eigenvalue weighted by Crippen LogP contribution is -2.41. The molecule has 2 N–H and O–H groups in total. The van der Waals surface area contributed by atoms with Crippen molar-refractivity contribution >= 4 is 34.9 Å². The van der Waals surface area contributed by atoms with Gasteiger partial charge in [-0.15, -0.1) is 0 Å². The number of carbonyl (C=O) groups excluding carboxylic acids is 1. The van der Waals surface area contributed by atoms with Crippen LogP contribution in [0.2, 0.25) is 10.0 Å². The average Bonchev–Trinajstić information content (AvgIpc) is 2.16. The number of anilines is 1. The molecule has 1 aromatic carbocycles.